The molecule has 1 fully saturated rings. The van der Waals surface area contributed by atoms with E-state index >= 15 is 0 Å². The Morgan fingerprint density at radius 2 is 2.00 bits per heavy atom. The first-order valence-electron chi connectivity index (χ1n) is 8.51. The van der Waals surface area contributed by atoms with E-state index < -0.39 is 23.7 Å². The Bertz CT molecular complexity index is 422. The first kappa shape index (κ1) is 20.7. The van der Waals surface area contributed by atoms with Gasteiger partial charge in [-0.05, 0) is 46.6 Å². The van der Waals surface area contributed by atoms with E-state index in [1.807, 2.05) is 6.92 Å². The minimum atomic E-state index is -0.685. The molecule has 0 saturated carbocycles. The molecule has 1 aliphatic rings. The number of hydrogen-bond acceptors (Lipinski definition) is 6. The topological polar surface area (TPSA) is 68.3 Å². The fraction of sp³-hybridized carbons (Fsp3) is 0.882. The lowest BCUT2D eigenvalue weighted by atomic mass is 10.1. The molecule has 0 radical (unpaired) electrons. The fourth-order valence-corrected chi connectivity index (χ4v) is 2.70. The van der Waals surface area contributed by atoms with Crippen molar-refractivity contribution in [1.82, 2.24) is 9.80 Å². The molecule has 0 N–H and O–H groups in total. The normalized spacial score (nSPS) is 19.8. The van der Waals surface area contributed by atoms with Crippen molar-refractivity contribution < 1.29 is 23.8 Å². The number of carbonyl (C=O) groups excluding carboxylic acids is 2. The van der Waals surface area contributed by atoms with Gasteiger partial charge in [0.15, 0.2) is 0 Å². The molecule has 1 rings (SSSR count). The molecule has 0 aromatic heterocycles. The lowest BCUT2D eigenvalue weighted by Crippen LogP contribution is -2.50. The van der Waals surface area contributed by atoms with Gasteiger partial charge in [-0.3, -0.25) is 4.90 Å². The molecule has 140 valence electrons. The second-order valence-corrected chi connectivity index (χ2v) is 7.20. The van der Waals surface area contributed by atoms with Gasteiger partial charge in [-0.1, -0.05) is 0 Å². The van der Waals surface area contributed by atoms with Gasteiger partial charge in [-0.15, -0.1) is 0 Å². The van der Waals surface area contributed by atoms with Crippen molar-refractivity contribution in [2.24, 2.45) is 5.92 Å². The first-order valence-corrected chi connectivity index (χ1v) is 8.51. The maximum atomic E-state index is 12.3. The zero-order valence-corrected chi connectivity index (χ0v) is 15.8. The average Bonchev–Trinajstić information content (AvgIpc) is 2.95. The third-order valence-electron chi connectivity index (χ3n) is 3.98. The van der Waals surface area contributed by atoms with Crippen molar-refractivity contribution in [3.63, 3.8) is 0 Å². The van der Waals surface area contributed by atoms with Crippen LogP contribution in [0.2, 0.25) is 0 Å². The number of ether oxygens (including phenoxy) is 3. The van der Waals surface area contributed by atoms with Crippen LogP contribution in [0.1, 0.15) is 34.1 Å². The standard InChI is InChI=1S/C17H32N2O5/c1-7-23-12-13-8-9-19(10-13)11-14(15(20)22-6)18(5)16(21)24-17(2,3)4/h13-14H,7-12H2,1-6H3. The summed E-state index contributed by atoms with van der Waals surface area (Å²) >= 11 is 0. The van der Waals surface area contributed by atoms with Crippen LogP contribution in [-0.2, 0) is 19.0 Å². The summed E-state index contributed by atoms with van der Waals surface area (Å²) in [6, 6.07) is -0.685. The molecule has 0 spiro atoms. The van der Waals surface area contributed by atoms with Crippen molar-refractivity contribution in [3.8, 4) is 0 Å². The Hall–Kier alpha value is -1.34. The largest absolute Gasteiger partial charge is 0.467 e. The first-order chi connectivity index (χ1) is 11.2. The third-order valence-corrected chi connectivity index (χ3v) is 3.98. The van der Waals surface area contributed by atoms with E-state index in [4.69, 9.17) is 14.2 Å². The van der Waals surface area contributed by atoms with Crippen LogP contribution in [0.15, 0.2) is 0 Å². The molecule has 24 heavy (non-hydrogen) atoms. The molecule has 0 aliphatic carbocycles. The van der Waals surface area contributed by atoms with Crippen LogP contribution in [0, 0.1) is 5.92 Å². The summed E-state index contributed by atoms with van der Waals surface area (Å²) in [7, 11) is 2.91. The molecule has 1 aliphatic heterocycles. The van der Waals surface area contributed by atoms with Crippen molar-refractivity contribution in [3.05, 3.63) is 0 Å². The number of esters is 1. The second-order valence-electron chi connectivity index (χ2n) is 7.20. The Labute approximate surface area is 145 Å². The molecule has 2 unspecified atom stereocenters. The van der Waals surface area contributed by atoms with Crippen molar-refractivity contribution in [2.75, 3.05) is 47.0 Å². The van der Waals surface area contributed by atoms with E-state index in [9.17, 15) is 9.59 Å². The van der Waals surface area contributed by atoms with Crippen LogP contribution in [0.4, 0.5) is 4.79 Å². The number of likely N-dealkylation sites (tertiary alicyclic amines) is 1. The van der Waals surface area contributed by atoms with Crippen LogP contribution in [-0.4, -0.2) is 80.5 Å². The number of methoxy groups -OCH3 is 1. The molecule has 1 amide bonds. The summed E-state index contributed by atoms with van der Waals surface area (Å²) in [4.78, 5) is 27.9. The van der Waals surface area contributed by atoms with Gasteiger partial charge in [-0.25, -0.2) is 9.59 Å². The summed E-state index contributed by atoms with van der Waals surface area (Å²) in [5, 5.41) is 0. The minimum Gasteiger partial charge on any atom is -0.467 e. The van der Waals surface area contributed by atoms with E-state index in [2.05, 4.69) is 4.90 Å². The fourth-order valence-electron chi connectivity index (χ4n) is 2.70. The average molecular weight is 344 g/mol. The summed E-state index contributed by atoms with van der Waals surface area (Å²) in [6.45, 7) is 11.0. The molecule has 0 bridgehead atoms. The summed E-state index contributed by atoms with van der Waals surface area (Å²) in [5.74, 6) is 0.0340. The van der Waals surface area contributed by atoms with Gasteiger partial charge in [-0.2, -0.15) is 0 Å². The molecule has 7 nitrogen and oxygen atoms in total. The highest BCUT2D eigenvalue weighted by atomic mass is 16.6. The SMILES string of the molecule is CCOCC1CCN(CC(C(=O)OC)N(C)C(=O)OC(C)(C)C)C1. The lowest BCUT2D eigenvalue weighted by Gasteiger charge is -2.31. The van der Waals surface area contributed by atoms with E-state index in [0.717, 1.165) is 26.1 Å². The quantitative estimate of drug-likeness (QED) is 0.656. The van der Waals surface area contributed by atoms with Gasteiger partial charge in [0.05, 0.1) is 13.7 Å². The second kappa shape index (κ2) is 9.22. The number of rotatable bonds is 7. The Morgan fingerprint density at radius 1 is 1.33 bits per heavy atom. The van der Waals surface area contributed by atoms with Gasteiger partial charge >= 0.3 is 12.1 Å². The summed E-state index contributed by atoms with van der Waals surface area (Å²) in [5.41, 5.74) is -0.609. The van der Waals surface area contributed by atoms with Gasteiger partial charge in [0.25, 0.3) is 0 Å². The number of carbonyl (C=O) groups is 2. The molecule has 0 aromatic carbocycles. The zero-order chi connectivity index (χ0) is 18.3. The predicted octanol–water partition coefficient (Wildman–Crippen LogP) is 1.75. The molecule has 1 saturated heterocycles. The van der Waals surface area contributed by atoms with Gasteiger partial charge in [0.2, 0.25) is 0 Å². The minimum absolute atomic E-state index is 0.434. The molecule has 2 atom stereocenters. The number of hydrogen-bond donors (Lipinski definition) is 0. The molecule has 1 heterocycles. The van der Waals surface area contributed by atoms with Crippen LogP contribution >= 0.6 is 0 Å². The zero-order valence-electron chi connectivity index (χ0n) is 15.8. The molecular weight excluding hydrogens is 312 g/mol. The van der Waals surface area contributed by atoms with Gasteiger partial charge in [0.1, 0.15) is 11.6 Å². The molecule has 0 aromatic rings. The summed E-state index contributed by atoms with van der Waals surface area (Å²) < 4.78 is 15.7. The smallest absolute Gasteiger partial charge is 0.410 e. The van der Waals surface area contributed by atoms with Crippen molar-refractivity contribution >= 4 is 12.1 Å². The lowest BCUT2D eigenvalue weighted by molar-refractivity contribution is -0.147. The van der Waals surface area contributed by atoms with Crippen LogP contribution < -0.4 is 0 Å². The Kier molecular flexibility index (Phi) is 7.96. The summed E-state index contributed by atoms with van der Waals surface area (Å²) in [6.07, 6.45) is 0.507. The Balaban J connectivity index is 2.66. The number of nitrogens with zero attached hydrogens (tertiary/aromatic N) is 2. The predicted molar refractivity (Wildman–Crippen MR) is 90.8 cm³/mol. The monoisotopic (exact) mass is 344 g/mol. The number of likely N-dealkylation sites (N-methyl/N-ethyl adjacent to an activating group) is 1. The van der Waals surface area contributed by atoms with Crippen molar-refractivity contribution in [2.45, 2.75) is 45.8 Å². The molecule has 7 heteroatoms. The van der Waals surface area contributed by atoms with Crippen molar-refractivity contribution in [1.29, 1.82) is 0 Å². The van der Waals surface area contributed by atoms with E-state index in [1.165, 1.54) is 12.0 Å². The van der Waals surface area contributed by atoms with Crippen LogP contribution in [0.3, 0.4) is 0 Å². The Morgan fingerprint density at radius 3 is 2.54 bits per heavy atom. The maximum absolute atomic E-state index is 12.3. The number of amides is 1. The van der Waals surface area contributed by atoms with Gasteiger partial charge < -0.3 is 19.1 Å². The van der Waals surface area contributed by atoms with E-state index in [1.54, 1.807) is 27.8 Å². The maximum Gasteiger partial charge on any atom is 0.410 e. The van der Waals surface area contributed by atoms with E-state index in [0.29, 0.717) is 19.1 Å². The molecular formula is C17H32N2O5. The van der Waals surface area contributed by atoms with Crippen LogP contribution in [0.25, 0.3) is 0 Å². The highest BCUT2D eigenvalue weighted by Gasteiger charge is 2.34. The highest BCUT2D eigenvalue weighted by molar-refractivity contribution is 5.81. The highest BCUT2D eigenvalue weighted by Crippen LogP contribution is 2.19. The van der Waals surface area contributed by atoms with Gasteiger partial charge in [0, 0.05) is 26.7 Å². The third kappa shape index (κ3) is 6.65. The van der Waals surface area contributed by atoms with E-state index in [-0.39, 0.29) is 0 Å². The van der Waals surface area contributed by atoms with Crippen LogP contribution in [0.5, 0.6) is 0 Å².